The Bertz CT molecular complexity index is 354. The minimum atomic E-state index is 0.367. The number of hydrogen-bond donors (Lipinski definition) is 2. The molecular weight excluding hydrogens is 200 g/mol. The lowest BCUT2D eigenvalue weighted by molar-refractivity contribution is 0.398. The van der Waals surface area contributed by atoms with Crippen molar-refractivity contribution in [3.63, 3.8) is 0 Å². The van der Waals surface area contributed by atoms with Crippen molar-refractivity contribution < 1.29 is 4.74 Å². The molecule has 1 saturated carbocycles. The molecule has 1 aromatic rings. The summed E-state index contributed by atoms with van der Waals surface area (Å²) in [7, 11) is 1.71. The molecule has 0 bridgehead atoms. The van der Waals surface area contributed by atoms with Gasteiger partial charge in [0.1, 0.15) is 5.75 Å². The summed E-state index contributed by atoms with van der Waals surface area (Å²) in [4.78, 5) is 0. The normalized spacial score (nSPS) is 25.2. The highest BCUT2D eigenvalue weighted by molar-refractivity contribution is 5.34. The minimum Gasteiger partial charge on any atom is -0.496 e. The third-order valence-corrected chi connectivity index (χ3v) is 3.53. The van der Waals surface area contributed by atoms with E-state index in [1.807, 2.05) is 18.2 Å². The molecule has 0 radical (unpaired) electrons. The fraction of sp³-hybridized carbons (Fsp3) is 0.538. The van der Waals surface area contributed by atoms with Crippen molar-refractivity contribution in [2.45, 2.75) is 25.8 Å². The molecule has 0 aliphatic heterocycles. The highest BCUT2D eigenvalue weighted by Crippen LogP contribution is 2.41. The molecule has 3 nitrogen and oxygen atoms in total. The van der Waals surface area contributed by atoms with Crippen molar-refractivity contribution in [1.82, 2.24) is 5.43 Å². The summed E-state index contributed by atoms with van der Waals surface area (Å²) in [5, 5.41) is 0. The third-order valence-electron chi connectivity index (χ3n) is 3.53. The fourth-order valence-corrected chi connectivity index (χ4v) is 2.35. The predicted octanol–water partition coefficient (Wildman–Crippen LogP) is 1.73. The Hall–Kier alpha value is -1.06. The average molecular weight is 220 g/mol. The molecule has 0 saturated heterocycles. The van der Waals surface area contributed by atoms with Gasteiger partial charge in [0.2, 0.25) is 0 Å². The van der Waals surface area contributed by atoms with Crippen LogP contribution in [0, 0.1) is 11.8 Å². The lowest BCUT2D eigenvalue weighted by Gasteiger charge is -2.17. The lowest BCUT2D eigenvalue weighted by Crippen LogP contribution is -2.39. The summed E-state index contributed by atoms with van der Waals surface area (Å²) in [5.41, 5.74) is 4.17. The van der Waals surface area contributed by atoms with Gasteiger partial charge in [-0.25, -0.2) is 0 Å². The molecule has 1 aromatic carbocycles. The molecule has 3 N–H and O–H groups in total. The highest BCUT2D eigenvalue weighted by atomic mass is 16.5. The number of hydrazine groups is 1. The number of methoxy groups -OCH3 is 1. The van der Waals surface area contributed by atoms with Gasteiger partial charge in [0.25, 0.3) is 0 Å². The van der Waals surface area contributed by atoms with Gasteiger partial charge in [0.05, 0.1) is 7.11 Å². The van der Waals surface area contributed by atoms with Crippen LogP contribution in [-0.4, -0.2) is 13.2 Å². The van der Waals surface area contributed by atoms with Crippen molar-refractivity contribution >= 4 is 0 Å². The Morgan fingerprint density at radius 1 is 1.50 bits per heavy atom. The van der Waals surface area contributed by atoms with Gasteiger partial charge >= 0.3 is 0 Å². The summed E-state index contributed by atoms with van der Waals surface area (Å²) < 4.78 is 5.35. The predicted molar refractivity (Wildman–Crippen MR) is 65.1 cm³/mol. The first kappa shape index (κ1) is 11.4. The molecule has 88 valence electrons. The van der Waals surface area contributed by atoms with Gasteiger partial charge in [-0.15, -0.1) is 0 Å². The van der Waals surface area contributed by atoms with Crippen LogP contribution in [0.1, 0.15) is 18.9 Å². The van der Waals surface area contributed by atoms with E-state index in [0.29, 0.717) is 6.04 Å². The van der Waals surface area contributed by atoms with Crippen molar-refractivity contribution in [3.8, 4) is 5.75 Å². The Morgan fingerprint density at radius 2 is 2.19 bits per heavy atom. The molecule has 1 aliphatic carbocycles. The molecule has 3 heteroatoms. The smallest absolute Gasteiger partial charge is 0.122 e. The zero-order chi connectivity index (χ0) is 11.5. The number of para-hydroxylation sites is 1. The van der Waals surface area contributed by atoms with E-state index in [0.717, 1.165) is 24.0 Å². The summed E-state index contributed by atoms with van der Waals surface area (Å²) in [6.45, 7) is 2.28. The number of benzene rings is 1. The van der Waals surface area contributed by atoms with E-state index >= 15 is 0 Å². The first-order valence-electron chi connectivity index (χ1n) is 5.84. The molecule has 2 rings (SSSR count). The summed E-state index contributed by atoms with van der Waals surface area (Å²) in [6.07, 6.45) is 2.22. The van der Waals surface area contributed by atoms with Crippen LogP contribution >= 0.6 is 0 Å². The zero-order valence-corrected chi connectivity index (χ0v) is 9.94. The molecule has 3 unspecified atom stereocenters. The maximum absolute atomic E-state index is 5.62. The molecule has 0 spiro atoms. The van der Waals surface area contributed by atoms with Crippen LogP contribution in [0.15, 0.2) is 24.3 Å². The molecule has 1 fully saturated rings. The Balaban J connectivity index is 2.06. The van der Waals surface area contributed by atoms with Crippen molar-refractivity contribution in [2.75, 3.05) is 7.11 Å². The minimum absolute atomic E-state index is 0.367. The molecule has 0 aromatic heterocycles. The van der Waals surface area contributed by atoms with Crippen LogP contribution in [0.4, 0.5) is 0 Å². The topological polar surface area (TPSA) is 47.3 Å². The maximum atomic E-state index is 5.62. The molecule has 1 aliphatic rings. The monoisotopic (exact) mass is 220 g/mol. The van der Waals surface area contributed by atoms with Crippen molar-refractivity contribution in [3.05, 3.63) is 29.8 Å². The van der Waals surface area contributed by atoms with Crippen LogP contribution in [0.25, 0.3) is 0 Å². The van der Waals surface area contributed by atoms with Gasteiger partial charge in [-0.05, 0) is 36.3 Å². The number of ether oxygens (including phenoxy) is 1. The van der Waals surface area contributed by atoms with Gasteiger partial charge in [0, 0.05) is 6.04 Å². The Labute approximate surface area is 97.0 Å². The fourth-order valence-electron chi connectivity index (χ4n) is 2.35. The first-order valence-corrected chi connectivity index (χ1v) is 5.84. The van der Waals surface area contributed by atoms with E-state index in [-0.39, 0.29) is 0 Å². The maximum Gasteiger partial charge on any atom is 0.122 e. The second-order valence-corrected chi connectivity index (χ2v) is 4.67. The third kappa shape index (κ3) is 2.36. The van der Waals surface area contributed by atoms with Gasteiger partial charge in [0.15, 0.2) is 0 Å². The Kier molecular flexibility index (Phi) is 3.46. The van der Waals surface area contributed by atoms with Crippen LogP contribution in [0.3, 0.4) is 0 Å². The molecule has 16 heavy (non-hydrogen) atoms. The highest BCUT2D eigenvalue weighted by Gasteiger charge is 2.39. The average Bonchev–Trinajstić information content (AvgIpc) is 3.03. The van der Waals surface area contributed by atoms with E-state index in [4.69, 9.17) is 10.6 Å². The number of nitrogens with one attached hydrogen (secondary N) is 1. The SMILES string of the molecule is COc1ccccc1CC(NN)C1CC1C. The standard InChI is InChI=1S/C13H20N2O/c1-9-7-11(9)12(15-14)8-10-5-3-4-6-13(10)16-2/h3-6,9,11-12,15H,7-8,14H2,1-2H3. The van der Waals surface area contributed by atoms with E-state index in [9.17, 15) is 0 Å². The zero-order valence-electron chi connectivity index (χ0n) is 9.94. The molecule has 0 amide bonds. The second kappa shape index (κ2) is 4.85. The van der Waals surface area contributed by atoms with Gasteiger partial charge in [-0.1, -0.05) is 25.1 Å². The van der Waals surface area contributed by atoms with E-state index in [1.165, 1.54) is 12.0 Å². The van der Waals surface area contributed by atoms with Crippen LogP contribution < -0.4 is 16.0 Å². The van der Waals surface area contributed by atoms with Gasteiger partial charge in [-0.3, -0.25) is 11.3 Å². The summed E-state index contributed by atoms with van der Waals surface area (Å²) in [5.74, 6) is 8.10. The van der Waals surface area contributed by atoms with Crippen molar-refractivity contribution in [2.24, 2.45) is 17.7 Å². The van der Waals surface area contributed by atoms with Gasteiger partial charge < -0.3 is 4.74 Å². The first-order chi connectivity index (χ1) is 7.76. The Morgan fingerprint density at radius 3 is 2.75 bits per heavy atom. The van der Waals surface area contributed by atoms with Crippen molar-refractivity contribution in [1.29, 1.82) is 0 Å². The van der Waals surface area contributed by atoms with E-state index in [1.54, 1.807) is 7.11 Å². The second-order valence-electron chi connectivity index (χ2n) is 4.67. The van der Waals surface area contributed by atoms with Crippen LogP contribution in [0.5, 0.6) is 5.75 Å². The largest absolute Gasteiger partial charge is 0.496 e. The number of rotatable bonds is 5. The van der Waals surface area contributed by atoms with E-state index in [2.05, 4.69) is 18.4 Å². The van der Waals surface area contributed by atoms with E-state index < -0.39 is 0 Å². The van der Waals surface area contributed by atoms with Crippen LogP contribution in [-0.2, 0) is 6.42 Å². The molecule has 3 atom stereocenters. The van der Waals surface area contributed by atoms with Gasteiger partial charge in [-0.2, -0.15) is 0 Å². The number of hydrogen-bond acceptors (Lipinski definition) is 3. The summed E-state index contributed by atoms with van der Waals surface area (Å²) in [6, 6.07) is 8.51. The quantitative estimate of drug-likeness (QED) is 0.587. The summed E-state index contributed by atoms with van der Waals surface area (Å²) >= 11 is 0. The van der Waals surface area contributed by atoms with Crippen LogP contribution in [0.2, 0.25) is 0 Å². The molecular formula is C13H20N2O. The number of nitrogens with two attached hydrogens (primary N) is 1. The lowest BCUT2D eigenvalue weighted by atomic mass is 10.0. The molecule has 0 heterocycles.